The van der Waals surface area contributed by atoms with Gasteiger partial charge in [-0.2, -0.15) is 4.99 Å². The van der Waals surface area contributed by atoms with Crippen LogP contribution in [-0.4, -0.2) is 47.3 Å². The summed E-state index contributed by atoms with van der Waals surface area (Å²) in [6, 6.07) is -0.120. The summed E-state index contributed by atoms with van der Waals surface area (Å²) in [5, 5.41) is 12.2. The normalized spacial score (nSPS) is 33.6. The average molecular weight is 202 g/mol. The first-order valence-corrected chi connectivity index (χ1v) is 5.01. The van der Waals surface area contributed by atoms with Gasteiger partial charge in [-0.25, -0.2) is 0 Å². The molecule has 0 saturated carbocycles. The number of amidine groups is 1. The highest BCUT2D eigenvalue weighted by molar-refractivity contribution is 8.14. The second kappa shape index (κ2) is 3.65. The molecule has 0 aromatic carbocycles. The van der Waals surface area contributed by atoms with Crippen LogP contribution in [0.15, 0.2) is 4.99 Å². The van der Waals surface area contributed by atoms with Gasteiger partial charge in [-0.15, -0.1) is 0 Å². The van der Waals surface area contributed by atoms with Gasteiger partial charge in [0.15, 0.2) is 0 Å². The summed E-state index contributed by atoms with van der Waals surface area (Å²) in [4.78, 5) is 14.5. The SMILES string of the molecule is O=C1N=C(N[C@H]2COC[C@@H]2O)CS1. The molecule has 0 radical (unpaired) electrons. The van der Waals surface area contributed by atoms with Crippen LogP contribution in [0.5, 0.6) is 0 Å². The van der Waals surface area contributed by atoms with E-state index in [1.807, 2.05) is 0 Å². The van der Waals surface area contributed by atoms with Gasteiger partial charge in [-0.1, -0.05) is 11.8 Å². The van der Waals surface area contributed by atoms with Crippen LogP contribution in [0.3, 0.4) is 0 Å². The third-order valence-electron chi connectivity index (χ3n) is 1.96. The maximum absolute atomic E-state index is 10.8. The van der Waals surface area contributed by atoms with Crippen LogP contribution in [0.1, 0.15) is 0 Å². The van der Waals surface area contributed by atoms with Gasteiger partial charge in [-0.05, 0) is 0 Å². The number of hydrogen-bond acceptors (Lipinski definition) is 5. The summed E-state index contributed by atoms with van der Waals surface area (Å²) in [6.07, 6.45) is -0.497. The van der Waals surface area contributed by atoms with Crippen molar-refractivity contribution in [2.75, 3.05) is 19.0 Å². The minimum absolute atomic E-state index is 0.120. The molecule has 72 valence electrons. The van der Waals surface area contributed by atoms with Crippen LogP contribution in [0, 0.1) is 0 Å². The zero-order chi connectivity index (χ0) is 9.26. The standard InChI is InChI=1S/C7H10N2O3S/c10-5-2-12-1-4(5)8-6-3-13-7(11)9-6/h4-5,10H,1-3H2,(H,8,9,11)/t4-,5-/m0/s1. The Morgan fingerprint density at radius 2 is 2.46 bits per heavy atom. The van der Waals surface area contributed by atoms with Crippen molar-refractivity contribution in [1.82, 2.24) is 5.32 Å². The van der Waals surface area contributed by atoms with E-state index < -0.39 is 6.10 Å². The predicted molar refractivity (Wildman–Crippen MR) is 49.0 cm³/mol. The number of rotatable bonds is 1. The van der Waals surface area contributed by atoms with Gasteiger partial charge in [0.1, 0.15) is 5.84 Å². The number of hydrogen-bond donors (Lipinski definition) is 2. The maximum atomic E-state index is 10.8. The molecule has 2 heterocycles. The molecule has 0 spiro atoms. The number of aliphatic imine (C=N–C) groups is 1. The zero-order valence-corrected chi connectivity index (χ0v) is 7.71. The highest BCUT2D eigenvalue weighted by Crippen LogP contribution is 2.14. The van der Waals surface area contributed by atoms with Crippen molar-refractivity contribution < 1.29 is 14.6 Å². The first-order chi connectivity index (χ1) is 6.25. The van der Waals surface area contributed by atoms with Gasteiger partial charge in [-0.3, -0.25) is 4.79 Å². The van der Waals surface area contributed by atoms with E-state index in [1.54, 1.807) is 0 Å². The van der Waals surface area contributed by atoms with Gasteiger partial charge in [0.05, 0.1) is 31.1 Å². The molecular weight excluding hydrogens is 192 g/mol. The van der Waals surface area contributed by atoms with Crippen LogP contribution in [0.25, 0.3) is 0 Å². The molecule has 0 aliphatic carbocycles. The molecular formula is C7H10N2O3S. The summed E-state index contributed by atoms with van der Waals surface area (Å²) < 4.78 is 5.05. The molecule has 1 fully saturated rings. The Hall–Kier alpha value is -0.590. The number of aliphatic hydroxyl groups excluding tert-OH is 1. The molecule has 1 saturated heterocycles. The van der Waals surface area contributed by atoms with E-state index in [0.717, 1.165) is 11.8 Å². The van der Waals surface area contributed by atoms with Crippen molar-refractivity contribution in [1.29, 1.82) is 0 Å². The molecule has 0 bridgehead atoms. The van der Waals surface area contributed by atoms with Crippen LogP contribution in [-0.2, 0) is 4.74 Å². The van der Waals surface area contributed by atoms with E-state index in [9.17, 15) is 9.90 Å². The van der Waals surface area contributed by atoms with Gasteiger partial charge in [0.25, 0.3) is 0 Å². The lowest BCUT2D eigenvalue weighted by Crippen LogP contribution is -2.42. The predicted octanol–water partition coefficient (Wildman–Crippen LogP) is -0.399. The molecule has 2 aliphatic rings. The Bertz CT molecular complexity index is 256. The summed E-state index contributed by atoms with van der Waals surface area (Å²) in [5.41, 5.74) is 0. The fraction of sp³-hybridized carbons (Fsp3) is 0.714. The topological polar surface area (TPSA) is 70.9 Å². The van der Waals surface area contributed by atoms with Crippen molar-refractivity contribution in [2.24, 2.45) is 4.99 Å². The molecule has 0 unspecified atom stereocenters. The number of carbonyl (C=O) groups is 1. The quantitative estimate of drug-likeness (QED) is 0.605. The number of nitrogens with one attached hydrogen (secondary N) is 1. The van der Waals surface area contributed by atoms with Crippen molar-refractivity contribution in [3.63, 3.8) is 0 Å². The van der Waals surface area contributed by atoms with E-state index in [-0.39, 0.29) is 11.3 Å². The van der Waals surface area contributed by atoms with Gasteiger partial charge in [0.2, 0.25) is 0 Å². The number of aliphatic hydroxyl groups is 1. The highest BCUT2D eigenvalue weighted by Gasteiger charge is 2.28. The first-order valence-electron chi connectivity index (χ1n) is 4.02. The maximum Gasteiger partial charge on any atom is 0.306 e. The number of thioether (sulfide) groups is 1. The molecule has 1 amide bonds. The minimum atomic E-state index is -0.497. The summed E-state index contributed by atoms with van der Waals surface area (Å²) in [6.45, 7) is 0.824. The van der Waals surface area contributed by atoms with Crippen LogP contribution in [0.4, 0.5) is 4.79 Å². The van der Waals surface area contributed by atoms with E-state index >= 15 is 0 Å². The minimum Gasteiger partial charge on any atom is -0.388 e. The average Bonchev–Trinajstić information content (AvgIpc) is 2.64. The molecule has 6 heteroatoms. The Labute approximate surface area is 79.6 Å². The van der Waals surface area contributed by atoms with E-state index in [4.69, 9.17) is 4.74 Å². The van der Waals surface area contributed by atoms with E-state index in [0.29, 0.717) is 24.8 Å². The molecule has 5 nitrogen and oxygen atoms in total. The van der Waals surface area contributed by atoms with Gasteiger partial charge >= 0.3 is 5.24 Å². The molecule has 0 aromatic rings. The van der Waals surface area contributed by atoms with E-state index in [2.05, 4.69) is 10.3 Å². The molecule has 2 N–H and O–H groups in total. The number of nitrogens with zero attached hydrogens (tertiary/aromatic N) is 1. The van der Waals surface area contributed by atoms with Crippen LogP contribution in [0.2, 0.25) is 0 Å². The number of carbonyl (C=O) groups excluding carboxylic acids is 1. The van der Waals surface area contributed by atoms with Gasteiger partial charge < -0.3 is 15.2 Å². The molecule has 2 aliphatic heterocycles. The molecule has 2 rings (SSSR count). The smallest absolute Gasteiger partial charge is 0.306 e. The number of ether oxygens (including phenoxy) is 1. The Balaban J connectivity index is 1.90. The fourth-order valence-electron chi connectivity index (χ4n) is 1.27. The van der Waals surface area contributed by atoms with Crippen molar-refractivity contribution in [3.8, 4) is 0 Å². The monoisotopic (exact) mass is 202 g/mol. The second-order valence-corrected chi connectivity index (χ2v) is 3.90. The van der Waals surface area contributed by atoms with Crippen LogP contribution < -0.4 is 5.32 Å². The first kappa shape index (κ1) is 8.98. The van der Waals surface area contributed by atoms with E-state index in [1.165, 1.54) is 0 Å². The van der Waals surface area contributed by atoms with Crippen molar-refractivity contribution in [3.05, 3.63) is 0 Å². The van der Waals surface area contributed by atoms with Gasteiger partial charge in [0, 0.05) is 0 Å². The molecule has 0 aromatic heterocycles. The third kappa shape index (κ3) is 2.01. The summed E-state index contributed by atoms with van der Waals surface area (Å²) in [7, 11) is 0. The highest BCUT2D eigenvalue weighted by atomic mass is 32.2. The van der Waals surface area contributed by atoms with Crippen molar-refractivity contribution in [2.45, 2.75) is 12.1 Å². The Morgan fingerprint density at radius 3 is 3.00 bits per heavy atom. The van der Waals surface area contributed by atoms with Crippen LogP contribution >= 0.6 is 11.8 Å². The number of amides is 1. The Morgan fingerprint density at radius 1 is 1.62 bits per heavy atom. The third-order valence-corrected chi connectivity index (χ3v) is 2.72. The zero-order valence-electron chi connectivity index (χ0n) is 6.90. The summed E-state index contributed by atoms with van der Waals surface area (Å²) in [5.74, 6) is 1.21. The van der Waals surface area contributed by atoms with Crippen molar-refractivity contribution >= 4 is 22.8 Å². The lowest BCUT2D eigenvalue weighted by molar-refractivity contribution is 0.124. The lowest BCUT2D eigenvalue weighted by atomic mass is 10.2. The molecule has 13 heavy (non-hydrogen) atoms. The second-order valence-electron chi connectivity index (χ2n) is 2.97. The lowest BCUT2D eigenvalue weighted by Gasteiger charge is -2.14. The Kier molecular flexibility index (Phi) is 2.52. The molecule has 2 atom stereocenters. The summed E-state index contributed by atoms with van der Waals surface area (Å²) >= 11 is 1.16. The largest absolute Gasteiger partial charge is 0.388 e. The fourth-order valence-corrected chi connectivity index (χ4v) is 1.86.